The first-order valence-corrected chi connectivity index (χ1v) is 9.88. The first-order chi connectivity index (χ1) is 11.9. The normalized spacial score (nSPS) is 16.5. The molecule has 0 radical (unpaired) electrons. The SMILES string of the molecule is COC(C)CC(=O)Nc1ccc(S(=O)(=O)NC2=NCCCCC2)cc1. The maximum absolute atomic E-state index is 12.4. The highest BCUT2D eigenvalue weighted by atomic mass is 32.2. The van der Waals surface area contributed by atoms with Crippen LogP contribution in [0.1, 0.15) is 39.0 Å². The van der Waals surface area contributed by atoms with E-state index >= 15 is 0 Å². The zero-order chi connectivity index (χ0) is 18.3. The Hall–Kier alpha value is -1.93. The topological polar surface area (TPSA) is 96.9 Å². The van der Waals surface area contributed by atoms with Crippen molar-refractivity contribution in [3.05, 3.63) is 24.3 Å². The van der Waals surface area contributed by atoms with E-state index < -0.39 is 10.0 Å². The third-order valence-corrected chi connectivity index (χ3v) is 5.35. The number of nitrogens with one attached hydrogen (secondary N) is 2. The number of ether oxygens (including phenoxy) is 1. The van der Waals surface area contributed by atoms with Crippen molar-refractivity contribution in [1.29, 1.82) is 0 Å². The lowest BCUT2D eigenvalue weighted by Gasteiger charge is -2.12. The number of amides is 1. The molecule has 1 aromatic rings. The highest BCUT2D eigenvalue weighted by Crippen LogP contribution is 2.16. The molecule has 1 unspecified atom stereocenters. The van der Waals surface area contributed by atoms with Crippen LogP contribution in [0.5, 0.6) is 0 Å². The molecule has 8 heteroatoms. The van der Waals surface area contributed by atoms with E-state index in [9.17, 15) is 13.2 Å². The van der Waals surface area contributed by atoms with Crippen LogP contribution in [0.25, 0.3) is 0 Å². The van der Waals surface area contributed by atoms with Gasteiger partial charge in [0.1, 0.15) is 5.84 Å². The second-order valence-electron chi connectivity index (χ2n) is 6.07. The number of carbonyl (C=O) groups excluding carboxylic acids is 1. The van der Waals surface area contributed by atoms with Crippen molar-refractivity contribution >= 4 is 27.5 Å². The van der Waals surface area contributed by atoms with Crippen molar-refractivity contribution in [3.8, 4) is 0 Å². The Kier molecular flexibility index (Phi) is 6.95. The molecule has 0 aromatic heterocycles. The molecule has 0 fully saturated rings. The van der Waals surface area contributed by atoms with Crippen molar-refractivity contribution in [2.75, 3.05) is 19.0 Å². The average Bonchev–Trinajstić information content (AvgIpc) is 2.83. The van der Waals surface area contributed by atoms with Gasteiger partial charge in [0.2, 0.25) is 5.91 Å². The molecule has 1 aliphatic heterocycles. The second-order valence-corrected chi connectivity index (χ2v) is 7.75. The quantitative estimate of drug-likeness (QED) is 0.806. The number of nitrogens with zero attached hydrogens (tertiary/aromatic N) is 1. The Morgan fingerprint density at radius 1 is 1.24 bits per heavy atom. The van der Waals surface area contributed by atoms with Crippen LogP contribution in [-0.2, 0) is 19.6 Å². The third-order valence-electron chi connectivity index (χ3n) is 3.95. The predicted molar refractivity (Wildman–Crippen MR) is 97.3 cm³/mol. The fourth-order valence-electron chi connectivity index (χ4n) is 2.45. The summed E-state index contributed by atoms with van der Waals surface area (Å²) in [6.07, 6.45) is 3.69. The first kappa shape index (κ1) is 19.4. The zero-order valence-corrected chi connectivity index (χ0v) is 15.4. The first-order valence-electron chi connectivity index (χ1n) is 8.39. The fraction of sp³-hybridized carbons (Fsp3) is 0.529. The van der Waals surface area contributed by atoms with Crippen molar-refractivity contribution in [3.63, 3.8) is 0 Å². The lowest BCUT2D eigenvalue weighted by atomic mass is 10.2. The third kappa shape index (κ3) is 6.13. The molecule has 25 heavy (non-hydrogen) atoms. The number of benzene rings is 1. The number of hydrogen-bond acceptors (Lipinski definition) is 5. The van der Waals surface area contributed by atoms with Crippen LogP contribution >= 0.6 is 0 Å². The number of methoxy groups -OCH3 is 1. The number of aliphatic imine (C=N–C) groups is 1. The van der Waals surface area contributed by atoms with Gasteiger partial charge in [0.25, 0.3) is 10.0 Å². The molecule has 2 N–H and O–H groups in total. The standard InChI is InChI=1S/C17H25N3O4S/c1-13(24-2)12-17(21)19-14-7-9-15(10-8-14)25(22,23)20-16-6-4-3-5-11-18-16/h7-10,13H,3-6,11-12H2,1-2H3,(H,18,20)(H,19,21). The summed E-state index contributed by atoms with van der Waals surface area (Å²) in [5.41, 5.74) is 0.541. The van der Waals surface area contributed by atoms with Gasteiger partial charge in [0.15, 0.2) is 0 Å². The minimum Gasteiger partial charge on any atom is -0.381 e. The van der Waals surface area contributed by atoms with Gasteiger partial charge in [0, 0.05) is 25.8 Å². The Bertz CT molecular complexity index is 714. The molecule has 1 amide bonds. The van der Waals surface area contributed by atoms with Crippen LogP contribution < -0.4 is 10.0 Å². The van der Waals surface area contributed by atoms with E-state index in [1.807, 2.05) is 0 Å². The van der Waals surface area contributed by atoms with Crippen molar-refractivity contribution in [2.24, 2.45) is 4.99 Å². The van der Waals surface area contributed by atoms with Gasteiger partial charge in [-0.3, -0.25) is 14.5 Å². The van der Waals surface area contributed by atoms with Crippen LogP contribution in [0.15, 0.2) is 34.2 Å². The smallest absolute Gasteiger partial charge is 0.262 e. The average molecular weight is 367 g/mol. The summed E-state index contributed by atoms with van der Waals surface area (Å²) in [5, 5.41) is 2.72. The van der Waals surface area contributed by atoms with Gasteiger partial charge in [-0.2, -0.15) is 0 Å². The van der Waals surface area contributed by atoms with Gasteiger partial charge in [-0.15, -0.1) is 0 Å². The van der Waals surface area contributed by atoms with E-state index in [2.05, 4.69) is 15.0 Å². The molecule has 1 heterocycles. The number of rotatable bonds is 6. The minimum atomic E-state index is -3.66. The molecule has 1 aromatic carbocycles. The molecule has 1 atom stereocenters. The summed E-state index contributed by atoms with van der Waals surface area (Å²) >= 11 is 0. The lowest BCUT2D eigenvalue weighted by molar-refractivity contribution is -0.118. The molecule has 0 spiro atoms. The maximum Gasteiger partial charge on any atom is 0.262 e. The van der Waals surface area contributed by atoms with Crippen molar-refractivity contribution < 1.29 is 17.9 Å². The van der Waals surface area contributed by atoms with Crippen LogP contribution in [0.4, 0.5) is 5.69 Å². The van der Waals surface area contributed by atoms with Crippen LogP contribution in [0.2, 0.25) is 0 Å². The number of anilines is 1. The zero-order valence-electron chi connectivity index (χ0n) is 14.6. The Morgan fingerprint density at radius 3 is 2.64 bits per heavy atom. The summed E-state index contributed by atoms with van der Waals surface area (Å²) in [5.74, 6) is 0.333. The highest BCUT2D eigenvalue weighted by Gasteiger charge is 2.17. The molecular formula is C17H25N3O4S. The summed E-state index contributed by atoms with van der Waals surface area (Å²) in [4.78, 5) is 16.2. The molecular weight excluding hydrogens is 342 g/mol. The van der Waals surface area contributed by atoms with Gasteiger partial charge in [-0.25, -0.2) is 8.42 Å². The van der Waals surface area contributed by atoms with Crippen molar-refractivity contribution in [2.45, 2.75) is 50.0 Å². The monoisotopic (exact) mass is 367 g/mol. The Labute approximate surface area is 148 Å². The summed E-state index contributed by atoms with van der Waals surface area (Å²) in [7, 11) is -2.11. The number of amidine groups is 1. The Morgan fingerprint density at radius 2 is 1.96 bits per heavy atom. The molecule has 0 aliphatic carbocycles. The minimum absolute atomic E-state index is 0.141. The Balaban J connectivity index is 2.00. The molecule has 138 valence electrons. The van der Waals surface area contributed by atoms with E-state index in [1.54, 1.807) is 26.2 Å². The molecule has 0 bridgehead atoms. The largest absolute Gasteiger partial charge is 0.381 e. The van der Waals surface area contributed by atoms with E-state index in [1.165, 1.54) is 12.1 Å². The molecule has 7 nitrogen and oxygen atoms in total. The number of hydrogen-bond donors (Lipinski definition) is 2. The van der Waals surface area contributed by atoms with E-state index in [-0.39, 0.29) is 23.3 Å². The highest BCUT2D eigenvalue weighted by molar-refractivity contribution is 7.90. The lowest BCUT2D eigenvalue weighted by Crippen LogP contribution is -2.30. The van der Waals surface area contributed by atoms with E-state index in [0.717, 1.165) is 19.3 Å². The molecule has 0 saturated carbocycles. The van der Waals surface area contributed by atoms with Gasteiger partial charge in [-0.1, -0.05) is 6.42 Å². The van der Waals surface area contributed by atoms with Gasteiger partial charge < -0.3 is 10.1 Å². The molecule has 0 saturated heterocycles. The molecule has 1 aliphatic rings. The molecule has 2 rings (SSSR count). The van der Waals surface area contributed by atoms with Gasteiger partial charge in [-0.05, 0) is 44.0 Å². The van der Waals surface area contributed by atoms with E-state index in [0.29, 0.717) is 24.5 Å². The summed E-state index contributed by atoms with van der Waals surface area (Å²) in [6, 6.07) is 6.07. The summed E-state index contributed by atoms with van der Waals surface area (Å²) < 4.78 is 32.5. The maximum atomic E-state index is 12.4. The van der Waals surface area contributed by atoms with Crippen molar-refractivity contribution in [1.82, 2.24) is 4.72 Å². The van der Waals surface area contributed by atoms with Gasteiger partial charge in [0.05, 0.1) is 17.4 Å². The second kappa shape index (κ2) is 8.96. The van der Waals surface area contributed by atoms with E-state index in [4.69, 9.17) is 4.74 Å². The predicted octanol–water partition coefficient (Wildman–Crippen LogP) is 2.30. The number of sulfonamides is 1. The number of carbonyl (C=O) groups is 1. The van der Waals surface area contributed by atoms with Crippen LogP contribution in [0.3, 0.4) is 0 Å². The van der Waals surface area contributed by atoms with Crippen LogP contribution in [0, 0.1) is 0 Å². The summed E-state index contributed by atoms with van der Waals surface area (Å²) in [6.45, 7) is 2.46. The fourth-order valence-corrected chi connectivity index (χ4v) is 3.53. The van der Waals surface area contributed by atoms with Gasteiger partial charge >= 0.3 is 0 Å². The van der Waals surface area contributed by atoms with Crippen LogP contribution in [-0.4, -0.2) is 39.9 Å².